The molecule has 3 heteroatoms. The Balaban J connectivity index is 0.995. The number of fused-ring (bicyclic) bond motifs is 6. The standard InChI is InChI=1S/C46H37NS2/c1-3-10-42-38(8-1)40-18-16-36(26-44(40)48-42)47(37-17-19-41-39-9-2-4-11-43(39)49-45(41)27-37)35-14-12-30(13-15-35)31-6-5-7-32(25-31)46-33-21-28-20-29(23-33)24-34(46)22-28/h1-19,25-29,33-34,46H,20-24H2. The molecule has 4 saturated carbocycles. The summed E-state index contributed by atoms with van der Waals surface area (Å²) in [6.45, 7) is 0. The smallest absolute Gasteiger partial charge is 0.0476 e. The van der Waals surface area contributed by atoms with E-state index in [9.17, 15) is 0 Å². The van der Waals surface area contributed by atoms with Crippen LogP contribution in [0.5, 0.6) is 0 Å². The molecule has 12 rings (SSSR count). The van der Waals surface area contributed by atoms with Crippen LogP contribution in [0.3, 0.4) is 0 Å². The molecule has 0 spiro atoms. The lowest BCUT2D eigenvalue weighted by Gasteiger charge is -2.54. The van der Waals surface area contributed by atoms with Crippen LogP contribution in [0.15, 0.2) is 133 Å². The molecule has 0 radical (unpaired) electrons. The van der Waals surface area contributed by atoms with E-state index < -0.39 is 0 Å². The fourth-order valence-corrected chi connectivity index (χ4v) is 12.6. The first-order chi connectivity index (χ1) is 24.2. The lowest BCUT2D eigenvalue weighted by molar-refractivity contribution is -0.00276. The summed E-state index contributed by atoms with van der Waals surface area (Å²) in [5, 5.41) is 5.34. The maximum absolute atomic E-state index is 2.53. The van der Waals surface area contributed by atoms with Gasteiger partial charge in [-0.15, -0.1) is 22.7 Å². The van der Waals surface area contributed by atoms with Gasteiger partial charge in [0.15, 0.2) is 0 Å². The van der Waals surface area contributed by atoms with Gasteiger partial charge in [-0.1, -0.05) is 84.9 Å². The molecule has 0 aliphatic heterocycles. The molecule has 4 fully saturated rings. The Kier molecular flexibility index (Phi) is 6.40. The summed E-state index contributed by atoms with van der Waals surface area (Å²) in [5.41, 5.74) is 7.80. The molecule has 1 nitrogen and oxygen atoms in total. The van der Waals surface area contributed by atoms with Crippen molar-refractivity contribution < 1.29 is 0 Å². The number of hydrogen-bond acceptors (Lipinski definition) is 3. The Bertz CT molecular complexity index is 2390. The predicted molar refractivity (Wildman–Crippen MR) is 212 cm³/mol. The van der Waals surface area contributed by atoms with Crippen LogP contribution in [-0.2, 0) is 0 Å². The first kappa shape index (κ1) is 28.4. The van der Waals surface area contributed by atoms with Crippen LogP contribution >= 0.6 is 22.7 Å². The minimum absolute atomic E-state index is 0.759. The Labute approximate surface area is 295 Å². The van der Waals surface area contributed by atoms with Gasteiger partial charge in [-0.25, -0.2) is 0 Å². The van der Waals surface area contributed by atoms with Gasteiger partial charge in [0, 0.05) is 57.4 Å². The van der Waals surface area contributed by atoms with Crippen molar-refractivity contribution in [1.82, 2.24) is 0 Å². The van der Waals surface area contributed by atoms with Gasteiger partial charge in [-0.05, 0) is 127 Å². The third-order valence-electron chi connectivity index (χ3n) is 12.2. The van der Waals surface area contributed by atoms with Crippen LogP contribution in [0.25, 0.3) is 51.5 Å². The lowest BCUT2D eigenvalue weighted by Crippen LogP contribution is -2.43. The highest BCUT2D eigenvalue weighted by molar-refractivity contribution is 7.26. The molecule has 2 heterocycles. The Morgan fingerprint density at radius 1 is 0.408 bits per heavy atom. The monoisotopic (exact) mass is 667 g/mol. The van der Waals surface area contributed by atoms with E-state index in [1.807, 2.05) is 22.7 Å². The minimum Gasteiger partial charge on any atom is -0.310 e. The van der Waals surface area contributed by atoms with Gasteiger partial charge in [0.2, 0.25) is 0 Å². The zero-order valence-corrected chi connectivity index (χ0v) is 29.0. The number of anilines is 3. The molecule has 2 aromatic heterocycles. The molecule has 4 aliphatic rings. The van der Waals surface area contributed by atoms with E-state index >= 15 is 0 Å². The summed E-state index contributed by atoms with van der Waals surface area (Å²) < 4.78 is 5.33. The predicted octanol–water partition coefficient (Wildman–Crippen LogP) is 14.1. The molecule has 8 aromatic rings. The molecule has 4 bridgehead atoms. The van der Waals surface area contributed by atoms with Gasteiger partial charge >= 0.3 is 0 Å². The summed E-state index contributed by atoms with van der Waals surface area (Å²) in [5.74, 6) is 4.58. The molecule has 0 atom stereocenters. The molecule has 238 valence electrons. The van der Waals surface area contributed by atoms with Crippen molar-refractivity contribution in [3.8, 4) is 11.1 Å². The average molecular weight is 668 g/mol. The topological polar surface area (TPSA) is 3.24 Å². The number of thiophene rings is 2. The summed E-state index contributed by atoms with van der Waals surface area (Å²) >= 11 is 3.77. The molecule has 0 saturated heterocycles. The average Bonchev–Trinajstić information content (AvgIpc) is 3.69. The van der Waals surface area contributed by atoms with E-state index in [0.29, 0.717) is 0 Å². The molecule has 0 unspecified atom stereocenters. The highest BCUT2D eigenvalue weighted by Gasteiger charge is 2.48. The largest absolute Gasteiger partial charge is 0.310 e. The zero-order valence-electron chi connectivity index (χ0n) is 27.4. The van der Waals surface area contributed by atoms with Crippen LogP contribution < -0.4 is 4.90 Å². The van der Waals surface area contributed by atoms with Crippen molar-refractivity contribution in [2.45, 2.75) is 38.0 Å². The van der Waals surface area contributed by atoms with E-state index in [-0.39, 0.29) is 0 Å². The Hall–Kier alpha value is -4.44. The summed E-state index contributed by atoms with van der Waals surface area (Å²) in [6.07, 6.45) is 7.37. The second-order valence-electron chi connectivity index (χ2n) is 15.0. The summed E-state index contributed by atoms with van der Waals surface area (Å²) in [7, 11) is 0. The molecule has 0 amide bonds. The highest BCUT2D eigenvalue weighted by Crippen LogP contribution is 2.60. The number of rotatable bonds is 5. The van der Waals surface area contributed by atoms with Crippen LogP contribution in [0.2, 0.25) is 0 Å². The van der Waals surface area contributed by atoms with Crippen LogP contribution in [0.1, 0.15) is 43.6 Å². The van der Waals surface area contributed by atoms with Gasteiger partial charge in [0.1, 0.15) is 0 Å². The van der Waals surface area contributed by atoms with E-state index in [1.54, 1.807) is 5.56 Å². The van der Waals surface area contributed by atoms with Crippen LogP contribution in [-0.4, -0.2) is 0 Å². The van der Waals surface area contributed by atoms with E-state index in [0.717, 1.165) is 29.6 Å². The van der Waals surface area contributed by atoms with Gasteiger partial charge in [0.25, 0.3) is 0 Å². The van der Waals surface area contributed by atoms with Crippen molar-refractivity contribution in [1.29, 1.82) is 0 Å². The molecular weight excluding hydrogens is 631 g/mol. The fourth-order valence-electron chi connectivity index (χ4n) is 10.4. The van der Waals surface area contributed by atoms with E-state index in [4.69, 9.17) is 0 Å². The van der Waals surface area contributed by atoms with Crippen LogP contribution in [0, 0.1) is 23.7 Å². The number of benzene rings is 6. The van der Waals surface area contributed by atoms with Gasteiger partial charge in [0.05, 0.1) is 0 Å². The maximum Gasteiger partial charge on any atom is 0.0476 e. The zero-order chi connectivity index (χ0) is 32.1. The minimum atomic E-state index is 0.759. The van der Waals surface area contributed by atoms with Crippen LogP contribution in [0.4, 0.5) is 17.1 Å². The normalized spacial score (nSPS) is 22.9. The lowest BCUT2D eigenvalue weighted by atomic mass is 9.50. The summed E-state index contributed by atoms with van der Waals surface area (Å²) in [4.78, 5) is 2.45. The third kappa shape index (κ3) is 4.62. The molecule has 49 heavy (non-hydrogen) atoms. The Morgan fingerprint density at radius 2 is 0.939 bits per heavy atom. The second kappa shape index (κ2) is 11.0. The molecular formula is C46H37NS2. The summed E-state index contributed by atoms with van der Waals surface area (Å²) in [6, 6.07) is 50.5. The van der Waals surface area contributed by atoms with Crippen molar-refractivity contribution in [2.75, 3.05) is 4.90 Å². The second-order valence-corrected chi connectivity index (χ2v) is 17.2. The quantitative estimate of drug-likeness (QED) is 0.177. The molecule has 0 N–H and O–H groups in total. The van der Waals surface area contributed by atoms with Crippen molar-refractivity contribution >= 4 is 80.1 Å². The molecule has 4 aliphatic carbocycles. The van der Waals surface area contributed by atoms with Gasteiger partial charge in [-0.3, -0.25) is 0 Å². The van der Waals surface area contributed by atoms with E-state index in [1.165, 1.54) is 101 Å². The third-order valence-corrected chi connectivity index (χ3v) is 14.5. The van der Waals surface area contributed by atoms with Crippen molar-refractivity contribution in [2.24, 2.45) is 23.7 Å². The highest BCUT2D eigenvalue weighted by atomic mass is 32.1. The molecule has 6 aromatic carbocycles. The maximum atomic E-state index is 2.53. The first-order valence-corrected chi connectivity index (χ1v) is 19.7. The van der Waals surface area contributed by atoms with Crippen molar-refractivity contribution in [3.63, 3.8) is 0 Å². The Morgan fingerprint density at radius 3 is 1.53 bits per heavy atom. The first-order valence-electron chi connectivity index (χ1n) is 18.0. The van der Waals surface area contributed by atoms with Gasteiger partial charge < -0.3 is 4.90 Å². The SMILES string of the molecule is c1cc(-c2ccc(N(c3ccc4c(c3)sc3ccccc34)c3ccc4c(c3)sc3ccccc34)cc2)cc(C2C3CC4CC(C3)CC2C4)c1. The number of hydrogen-bond donors (Lipinski definition) is 0. The fraction of sp³-hybridized carbons (Fsp3) is 0.217. The van der Waals surface area contributed by atoms with E-state index in [2.05, 4.69) is 138 Å². The van der Waals surface area contributed by atoms with Gasteiger partial charge in [-0.2, -0.15) is 0 Å². The van der Waals surface area contributed by atoms with Crippen molar-refractivity contribution in [3.05, 3.63) is 139 Å². The number of nitrogens with zero attached hydrogens (tertiary/aromatic N) is 1.